The molecule has 4 rings (SSSR count). The van der Waals surface area contributed by atoms with Crippen LogP contribution < -0.4 is 5.73 Å². The van der Waals surface area contributed by atoms with Crippen LogP contribution in [0, 0.1) is 11.8 Å². The monoisotopic (exact) mass is 307 g/mol. The van der Waals surface area contributed by atoms with Gasteiger partial charge in [0.05, 0.1) is 5.54 Å². The summed E-state index contributed by atoms with van der Waals surface area (Å²) < 4.78 is 5.36. The largest absolute Gasteiger partial charge is 0.381 e. The fourth-order valence-electron chi connectivity index (χ4n) is 5.18. The normalized spacial score (nSPS) is 38.4. The van der Waals surface area contributed by atoms with Crippen molar-refractivity contribution in [2.75, 3.05) is 39.4 Å². The van der Waals surface area contributed by atoms with E-state index in [2.05, 4.69) is 4.90 Å². The third-order valence-electron chi connectivity index (χ3n) is 6.58. The second kappa shape index (κ2) is 5.77. The number of amides is 1. The van der Waals surface area contributed by atoms with E-state index in [1.807, 2.05) is 4.90 Å². The molecule has 3 unspecified atom stereocenters. The van der Waals surface area contributed by atoms with Crippen molar-refractivity contribution >= 4 is 5.91 Å². The first kappa shape index (κ1) is 14.9. The van der Waals surface area contributed by atoms with E-state index in [1.54, 1.807) is 0 Å². The number of fused-ring (bicyclic) bond motifs is 2. The number of nitrogens with zero attached hydrogens (tertiary/aromatic N) is 2. The lowest BCUT2D eigenvalue weighted by Gasteiger charge is -2.44. The van der Waals surface area contributed by atoms with E-state index in [1.165, 1.54) is 25.7 Å². The lowest BCUT2D eigenvalue weighted by Crippen LogP contribution is -2.62. The van der Waals surface area contributed by atoms with Crippen LogP contribution in [0.1, 0.15) is 38.5 Å². The summed E-state index contributed by atoms with van der Waals surface area (Å²) in [6.45, 7) is 5.01. The first-order valence-electron chi connectivity index (χ1n) is 9.06. The fraction of sp³-hybridized carbons (Fsp3) is 0.941. The van der Waals surface area contributed by atoms with E-state index in [0.29, 0.717) is 26.1 Å². The second-order valence-corrected chi connectivity index (χ2v) is 7.84. The van der Waals surface area contributed by atoms with E-state index in [-0.39, 0.29) is 5.91 Å². The highest BCUT2D eigenvalue weighted by atomic mass is 16.5. The van der Waals surface area contributed by atoms with Gasteiger partial charge in [0.2, 0.25) is 5.91 Å². The van der Waals surface area contributed by atoms with Crippen molar-refractivity contribution < 1.29 is 9.53 Å². The first-order valence-corrected chi connectivity index (χ1v) is 9.06. The maximum Gasteiger partial charge on any atom is 0.242 e. The minimum Gasteiger partial charge on any atom is -0.381 e. The Balaban J connectivity index is 1.33. The molecule has 2 N–H and O–H groups in total. The molecule has 4 aliphatic rings. The van der Waals surface area contributed by atoms with Crippen molar-refractivity contribution in [1.82, 2.24) is 9.80 Å². The molecule has 0 radical (unpaired) electrons. The van der Waals surface area contributed by atoms with Crippen LogP contribution in [0.5, 0.6) is 0 Å². The Morgan fingerprint density at radius 1 is 1.05 bits per heavy atom. The minimum atomic E-state index is -0.674. The molecule has 2 aliphatic carbocycles. The van der Waals surface area contributed by atoms with E-state index in [9.17, 15) is 4.79 Å². The predicted octanol–water partition coefficient (Wildman–Crippen LogP) is 0.827. The molecule has 2 saturated carbocycles. The molecule has 2 bridgehead atoms. The van der Waals surface area contributed by atoms with Crippen LogP contribution in [0.2, 0.25) is 0 Å². The molecule has 3 atom stereocenters. The van der Waals surface area contributed by atoms with Gasteiger partial charge in [-0.2, -0.15) is 0 Å². The highest BCUT2D eigenvalue weighted by molar-refractivity contribution is 5.86. The molecule has 2 aliphatic heterocycles. The Bertz CT molecular complexity index is 428. The third-order valence-corrected chi connectivity index (χ3v) is 6.58. The van der Waals surface area contributed by atoms with Crippen molar-refractivity contribution in [3.8, 4) is 0 Å². The number of hydrogen-bond donors (Lipinski definition) is 1. The molecule has 2 saturated heterocycles. The Morgan fingerprint density at radius 3 is 2.36 bits per heavy atom. The summed E-state index contributed by atoms with van der Waals surface area (Å²) in [4.78, 5) is 17.4. The highest BCUT2D eigenvalue weighted by Crippen LogP contribution is 2.46. The number of piperazine rings is 1. The van der Waals surface area contributed by atoms with Gasteiger partial charge in [0.15, 0.2) is 0 Å². The van der Waals surface area contributed by atoms with Gasteiger partial charge in [0.25, 0.3) is 0 Å². The molecule has 0 aromatic carbocycles. The van der Waals surface area contributed by atoms with Crippen LogP contribution >= 0.6 is 0 Å². The number of rotatable bonds is 2. The molecule has 0 aromatic heterocycles. The molecule has 2 heterocycles. The number of carbonyl (C=O) groups is 1. The van der Waals surface area contributed by atoms with Crippen molar-refractivity contribution in [2.24, 2.45) is 17.6 Å². The smallest absolute Gasteiger partial charge is 0.242 e. The maximum atomic E-state index is 12.8. The van der Waals surface area contributed by atoms with Crippen molar-refractivity contribution in [3.05, 3.63) is 0 Å². The van der Waals surface area contributed by atoms with Gasteiger partial charge in [-0.05, 0) is 43.9 Å². The molecule has 124 valence electrons. The van der Waals surface area contributed by atoms with Crippen LogP contribution in [0.25, 0.3) is 0 Å². The topological polar surface area (TPSA) is 58.8 Å². The summed E-state index contributed by atoms with van der Waals surface area (Å²) in [5.41, 5.74) is 5.68. The van der Waals surface area contributed by atoms with Gasteiger partial charge in [0, 0.05) is 45.4 Å². The molecular weight excluding hydrogens is 278 g/mol. The lowest BCUT2D eigenvalue weighted by molar-refractivity contribution is -0.142. The molecule has 0 spiro atoms. The maximum absolute atomic E-state index is 12.8. The van der Waals surface area contributed by atoms with E-state index in [4.69, 9.17) is 10.5 Å². The summed E-state index contributed by atoms with van der Waals surface area (Å²) in [6, 6.07) is 0.797. The summed E-state index contributed by atoms with van der Waals surface area (Å²) in [7, 11) is 0. The average Bonchev–Trinajstić information content (AvgIpc) is 3.18. The number of hydrogen-bond acceptors (Lipinski definition) is 4. The summed E-state index contributed by atoms with van der Waals surface area (Å²) >= 11 is 0. The summed E-state index contributed by atoms with van der Waals surface area (Å²) in [6.07, 6.45) is 7.07. The highest BCUT2D eigenvalue weighted by Gasteiger charge is 2.44. The van der Waals surface area contributed by atoms with Crippen molar-refractivity contribution in [2.45, 2.75) is 50.1 Å². The van der Waals surface area contributed by atoms with E-state index in [0.717, 1.165) is 44.1 Å². The van der Waals surface area contributed by atoms with Gasteiger partial charge in [-0.3, -0.25) is 9.69 Å². The van der Waals surface area contributed by atoms with Crippen LogP contribution in [0.15, 0.2) is 0 Å². The summed E-state index contributed by atoms with van der Waals surface area (Å²) in [5, 5.41) is 0. The summed E-state index contributed by atoms with van der Waals surface area (Å²) in [5.74, 6) is 2.08. The van der Waals surface area contributed by atoms with Crippen LogP contribution in [-0.4, -0.2) is 66.7 Å². The molecule has 5 heteroatoms. The van der Waals surface area contributed by atoms with E-state index >= 15 is 0 Å². The predicted molar refractivity (Wildman–Crippen MR) is 84.4 cm³/mol. The number of nitrogens with two attached hydrogens (primary N) is 1. The standard InChI is InChI=1S/C17H29N3O2/c18-17(3-9-22-10-4-17)16(21)20-7-5-19(6-8-20)15-12-13-1-2-14(15)11-13/h13-15H,1-12,18H2. The molecule has 5 nitrogen and oxygen atoms in total. The SMILES string of the molecule is NC1(C(=O)N2CCN(C3CC4CCC3C4)CC2)CCOCC1. The Kier molecular flexibility index (Phi) is 3.91. The van der Waals surface area contributed by atoms with Crippen molar-refractivity contribution in [1.29, 1.82) is 0 Å². The van der Waals surface area contributed by atoms with Gasteiger partial charge in [-0.1, -0.05) is 6.42 Å². The molecule has 0 aromatic rings. The van der Waals surface area contributed by atoms with Crippen LogP contribution in [0.3, 0.4) is 0 Å². The van der Waals surface area contributed by atoms with Gasteiger partial charge in [0.1, 0.15) is 0 Å². The van der Waals surface area contributed by atoms with Gasteiger partial charge >= 0.3 is 0 Å². The van der Waals surface area contributed by atoms with Crippen LogP contribution in [-0.2, 0) is 9.53 Å². The molecule has 1 amide bonds. The van der Waals surface area contributed by atoms with Gasteiger partial charge in [-0.25, -0.2) is 0 Å². The van der Waals surface area contributed by atoms with Gasteiger partial charge in [-0.15, -0.1) is 0 Å². The van der Waals surface area contributed by atoms with Crippen molar-refractivity contribution in [3.63, 3.8) is 0 Å². The molecular formula is C17H29N3O2. The van der Waals surface area contributed by atoms with Crippen LogP contribution in [0.4, 0.5) is 0 Å². The zero-order chi connectivity index (χ0) is 15.2. The van der Waals surface area contributed by atoms with E-state index < -0.39 is 5.54 Å². The first-order chi connectivity index (χ1) is 10.7. The Hall–Kier alpha value is -0.650. The average molecular weight is 307 g/mol. The minimum absolute atomic E-state index is 0.156. The quantitative estimate of drug-likeness (QED) is 0.821. The third kappa shape index (κ3) is 2.57. The fourth-order valence-corrected chi connectivity index (χ4v) is 5.18. The Morgan fingerprint density at radius 2 is 1.77 bits per heavy atom. The zero-order valence-electron chi connectivity index (χ0n) is 13.5. The lowest BCUT2D eigenvalue weighted by atomic mass is 9.89. The zero-order valence-corrected chi connectivity index (χ0v) is 13.5. The number of carbonyl (C=O) groups excluding carboxylic acids is 1. The number of ether oxygens (including phenoxy) is 1. The molecule has 22 heavy (non-hydrogen) atoms. The second-order valence-electron chi connectivity index (χ2n) is 7.84. The van der Waals surface area contributed by atoms with Gasteiger partial charge < -0.3 is 15.4 Å². The molecule has 4 fully saturated rings. The Labute approximate surface area is 133 Å².